The first kappa shape index (κ1) is 11.3. The maximum atomic E-state index is 11.0. The fourth-order valence-corrected chi connectivity index (χ4v) is 1.28. The van der Waals surface area contributed by atoms with Crippen molar-refractivity contribution in [1.29, 1.82) is 0 Å². The zero-order valence-corrected chi connectivity index (χ0v) is 8.22. The molecular formula is C10H18O2. The predicted octanol–water partition coefficient (Wildman–Crippen LogP) is 2.36. The second-order valence-corrected chi connectivity index (χ2v) is 3.34. The van der Waals surface area contributed by atoms with Crippen molar-refractivity contribution in [2.24, 2.45) is 5.92 Å². The summed E-state index contributed by atoms with van der Waals surface area (Å²) >= 11 is 0. The third-order valence-electron chi connectivity index (χ3n) is 2.06. The molecule has 2 nitrogen and oxygen atoms in total. The number of hydrogen-bond acceptors (Lipinski definition) is 2. The van der Waals surface area contributed by atoms with Gasteiger partial charge in [-0.2, -0.15) is 0 Å². The lowest BCUT2D eigenvalue weighted by atomic mass is 9.93. The van der Waals surface area contributed by atoms with Gasteiger partial charge in [0.05, 0.1) is 0 Å². The summed E-state index contributed by atoms with van der Waals surface area (Å²) < 4.78 is 0. The Morgan fingerprint density at radius 1 is 1.17 bits per heavy atom. The fourth-order valence-electron chi connectivity index (χ4n) is 1.28. The standard InChI is InChI=1S/C10H18O2/c1-4-5-10(9(3)12)7-6-8(2)11/h10H,4-7H2,1-3H3. The molecule has 0 saturated heterocycles. The van der Waals surface area contributed by atoms with Crippen LogP contribution in [0.25, 0.3) is 0 Å². The second kappa shape index (κ2) is 5.92. The minimum absolute atomic E-state index is 0.110. The molecule has 0 radical (unpaired) electrons. The summed E-state index contributed by atoms with van der Waals surface area (Å²) in [6.45, 7) is 5.24. The van der Waals surface area contributed by atoms with Gasteiger partial charge < -0.3 is 4.79 Å². The van der Waals surface area contributed by atoms with E-state index in [9.17, 15) is 9.59 Å². The first-order valence-electron chi connectivity index (χ1n) is 4.57. The molecule has 0 saturated carbocycles. The Morgan fingerprint density at radius 2 is 1.75 bits per heavy atom. The molecule has 0 aromatic rings. The van der Waals surface area contributed by atoms with E-state index in [2.05, 4.69) is 6.92 Å². The summed E-state index contributed by atoms with van der Waals surface area (Å²) in [5.41, 5.74) is 0. The van der Waals surface area contributed by atoms with Crippen molar-refractivity contribution >= 4 is 11.6 Å². The molecule has 0 spiro atoms. The molecule has 2 heteroatoms. The highest BCUT2D eigenvalue weighted by Gasteiger charge is 2.13. The van der Waals surface area contributed by atoms with Crippen molar-refractivity contribution in [3.05, 3.63) is 0 Å². The Morgan fingerprint density at radius 3 is 2.08 bits per heavy atom. The van der Waals surface area contributed by atoms with Crippen LogP contribution in [0.1, 0.15) is 46.5 Å². The van der Waals surface area contributed by atoms with E-state index in [1.807, 2.05) is 0 Å². The van der Waals surface area contributed by atoms with Gasteiger partial charge in [0, 0.05) is 12.3 Å². The zero-order valence-electron chi connectivity index (χ0n) is 8.22. The first-order valence-corrected chi connectivity index (χ1v) is 4.57. The van der Waals surface area contributed by atoms with E-state index in [0.717, 1.165) is 19.3 Å². The van der Waals surface area contributed by atoms with Gasteiger partial charge >= 0.3 is 0 Å². The van der Waals surface area contributed by atoms with Gasteiger partial charge in [-0.1, -0.05) is 13.3 Å². The normalized spacial score (nSPS) is 12.6. The average molecular weight is 170 g/mol. The average Bonchev–Trinajstić information content (AvgIpc) is 1.96. The topological polar surface area (TPSA) is 34.1 Å². The first-order chi connectivity index (χ1) is 5.57. The Balaban J connectivity index is 3.79. The van der Waals surface area contributed by atoms with Gasteiger partial charge in [-0.3, -0.25) is 4.79 Å². The van der Waals surface area contributed by atoms with E-state index in [1.54, 1.807) is 13.8 Å². The van der Waals surface area contributed by atoms with Gasteiger partial charge in [-0.05, 0) is 26.7 Å². The Bertz CT molecular complexity index is 161. The van der Waals surface area contributed by atoms with Crippen molar-refractivity contribution in [3.8, 4) is 0 Å². The summed E-state index contributed by atoms with van der Waals surface area (Å²) in [5.74, 6) is 0.509. The molecular weight excluding hydrogens is 152 g/mol. The Labute approximate surface area is 74.3 Å². The van der Waals surface area contributed by atoms with Crippen LogP contribution in [-0.4, -0.2) is 11.6 Å². The van der Waals surface area contributed by atoms with Gasteiger partial charge in [0.25, 0.3) is 0 Å². The summed E-state index contributed by atoms with van der Waals surface area (Å²) in [7, 11) is 0. The summed E-state index contributed by atoms with van der Waals surface area (Å²) in [6, 6.07) is 0. The molecule has 0 aliphatic carbocycles. The molecule has 0 aliphatic heterocycles. The van der Waals surface area contributed by atoms with E-state index in [-0.39, 0.29) is 17.5 Å². The van der Waals surface area contributed by atoms with Crippen LogP contribution < -0.4 is 0 Å². The van der Waals surface area contributed by atoms with Gasteiger partial charge in [-0.25, -0.2) is 0 Å². The number of Topliss-reactive ketones (excluding diaryl/α,β-unsaturated/α-hetero) is 2. The van der Waals surface area contributed by atoms with E-state index >= 15 is 0 Å². The van der Waals surface area contributed by atoms with Crippen molar-refractivity contribution in [2.45, 2.75) is 46.5 Å². The van der Waals surface area contributed by atoms with Crippen molar-refractivity contribution < 1.29 is 9.59 Å². The number of rotatable bonds is 6. The molecule has 0 heterocycles. The van der Waals surface area contributed by atoms with Gasteiger partial charge in [-0.15, -0.1) is 0 Å². The quantitative estimate of drug-likeness (QED) is 0.613. The smallest absolute Gasteiger partial charge is 0.132 e. The molecule has 0 fully saturated rings. The van der Waals surface area contributed by atoms with Gasteiger partial charge in [0.2, 0.25) is 0 Å². The molecule has 0 amide bonds. The largest absolute Gasteiger partial charge is 0.300 e. The molecule has 1 atom stereocenters. The third-order valence-corrected chi connectivity index (χ3v) is 2.06. The minimum atomic E-state index is 0.110. The minimum Gasteiger partial charge on any atom is -0.300 e. The van der Waals surface area contributed by atoms with E-state index < -0.39 is 0 Å². The SMILES string of the molecule is CCCC(CCC(C)=O)C(C)=O. The number of carbonyl (C=O) groups excluding carboxylic acids is 2. The molecule has 0 aromatic heterocycles. The van der Waals surface area contributed by atoms with Gasteiger partial charge in [0.1, 0.15) is 11.6 Å². The summed E-state index contributed by atoms with van der Waals surface area (Å²) in [4.78, 5) is 21.7. The number of carbonyl (C=O) groups is 2. The van der Waals surface area contributed by atoms with E-state index in [1.165, 1.54) is 0 Å². The molecule has 0 aromatic carbocycles. The Kier molecular flexibility index (Phi) is 5.60. The van der Waals surface area contributed by atoms with E-state index in [4.69, 9.17) is 0 Å². The van der Waals surface area contributed by atoms with Crippen LogP contribution in [0, 0.1) is 5.92 Å². The van der Waals surface area contributed by atoms with Gasteiger partial charge in [0.15, 0.2) is 0 Å². The molecule has 70 valence electrons. The lowest BCUT2D eigenvalue weighted by Gasteiger charge is -2.10. The lowest BCUT2D eigenvalue weighted by molar-refractivity contribution is -0.121. The zero-order chi connectivity index (χ0) is 9.56. The highest BCUT2D eigenvalue weighted by Crippen LogP contribution is 2.14. The lowest BCUT2D eigenvalue weighted by Crippen LogP contribution is -2.11. The third kappa shape index (κ3) is 5.05. The van der Waals surface area contributed by atoms with Crippen LogP contribution in [0.3, 0.4) is 0 Å². The highest BCUT2D eigenvalue weighted by atomic mass is 16.1. The number of hydrogen-bond donors (Lipinski definition) is 0. The van der Waals surface area contributed by atoms with Crippen LogP contribution in [0.5, 0.6) is 0 Å². The summed E-state index contributed by atoms with van der Waals surface area (Å²) in [5, 5.41) is 0. The molecule has 0 N–H and O–H groups in total. The predicted molar refractivity (Wildman–Crippen MR) is 49.0 cm³/mol. The molecule has 0 aliphatic rings. The maximum Gasteiger partial charge on any atom is 0.132 e. The van der Waals surface area contributed by atoms with Crippen molar-refractivity contribution in [2.75, 3.05) is 0 Å². The molecule has 0 bridgehead atoms. The van der Waals surface area contributed by atoms with Crippen LogP contribution in [0.15, 0.2) is 0 Å². The molecule has 1 unspecified atom stereocenters. The maximum absolute atomic E-state index is 11.0. The summed E-state index contributed by atoms with van der Waals surface area (Å²) in [6.07, 6.45) is 3.22. The van der Waals surface area contributed by atoms with Crippen molar-refractivity contribution in [3.63, 3.8) is 0 Å². The second-order valence-electron chi connectivity index (χ2n) is 3.34. The van der Waals surface area contributed by atoms with Crippen molar-refractivity contribution in [1.82, 2.24) is 0 Å². The Hall–Kier alpha value is -0.660. The monoisotopic (exact) mass is 170 g/mol. The molecule has 12 heavy (non-hydrogen) atoms. The van der Waals surface area contributed by atoms with Crippen LogP contribution in [0.2, 0.25) is 0 Å². The fraction of sp³-hybridized carbons (Fsp3) is 0.800. The van der Waals surface area contributed by atoms with Crippen LogP contribution in [0.4, 0.5) is 0 Å². The van der Waals surface area contributed by atoms with E-state index in [0.29, 0.717) is 6.42 Å². The van der Waals surface area contributed by atoms with Crippen LogP contribution >= 0.6 is 0 Å². The number of ketones is 2. The van der Waals surface area contributed by atoms with Crippen LogP contribution in [-0.2, 0) is 9.59 Å². The molecule has 0 rings (SSSR count). The highest BCUT2D eigenvalue weighted by molar-refractivity contribution is 5.80.